The normalized spacial score (nSPS) is 14.6. The van der Waals surface area contributed by atoms with Gasteiger partial charge in [0, 0.05) is 41.5 Å². The topological polar surface area (TPSA) is 59.9 Å². The molecule has 1 aromatic carbocycles. The zero-order valence-electron chi connectivity index (χ0n) is 12.4. The number of H-pyrrole nitrogens is 1. The summed E-state index contributed by atoms with van der Waals surface area (Å²) in [6, 6.07) is 12.0. The summed E-state index contributed by atoms with van der Waals surface area (Å²) in [5.41, 5.74) is 3.41. The van der Waals surface area contributed by atoms with Gasteiger partial charge >= 0.3 is 0 Å². The minimum absolute atomic E-state index is 0.174. The summed E-state index contributed by atoms with van der Waals surface area (Å²) in [7, 11) is 0. The van der Waals surface area contributed by atoms with Crippen molar-refractivity contribution >= 4 is 17.4 Å². The fourth-order valence-electron chi connectivity index (χ4n) is 2.70. The minimum Gasteiger partial charge on any atom is -0.370 e. The van der Waals surface area contributed by atoms with E-state index in [1.165, 1.54) is 5.69 Å². The van der Waals surface area contributed by atoms with E-state index < -0.39 is 0 Å². The number of hydrogen-bond acceptors (Lipinski definition) is 4. The molecular weight excluding hydrogens is 294 g/mol. The molecule has 1 aliphatic rings. The van der Waals surface area contributed by atoms with Crippen LogP contribution >= 0.6 is 11.8 Å². The molecule has 0 amide bonds. The molecule has 0 spiro atoms. The number of benzene rings is 1. The molecule has 0 atom stereocenters. The van der Waals surface area contributed by atoms with Gasteiger partial charge in [-0.1, -0.05) is 12.1 Å². The third-order valence-corrected chi connectivity index (χ3v) is 4.78. The number of aromatic amines is 1. The Balaban J connectivity index is 1.97. The van der Waals surface area contributed by atoms with E-state index in [2.05, 4.69) is 22.0 Å². The molecule has 0 unspecified atom stereocenters. The maximum Gasteiger partial charge on any atom is 0.266 e. The van der Waals surface area contributed by atoms with Gasteiger partial charge in [0.15, 0.2) is 0 Å². The summed E-state index contributed by atoms with van der Waals surface area (Å²) in [6.07, 6.45) is 0. The van der Waals surface area contributed by atoms with Crippen molar-refractivity contribution in [3.63, 3.8) is 0 Å². The van der Waals surface area contributed by atoms with Gasteiger partial charge in [-0.2, -0.15) is 17.0 Å². The Morgan fingerprint density at radius 3 is 2.55 bits per heavy atom. The van der Waals surface area contributed by atoms with Crippen LogP contribution in [0.25, 0.3) is 11.1 Å². The number of rotatable bonds is 2. The van der Waals surface area contributed by atoms with Crippen molar-refractivity contribution in [2.45, 2.75) is 6.92 Å². The van der Waals surface area contributed by atoms with Crippen molar-refractivity contribution in [1.29, 1.82) is 5.26 Å². The second-order valence-electron chi connectivity index (χ2n) is 5.33. The SMILES string of the molecule is Cc1cc(-c2ccc(N3CCSCC3)cc2)c(C#N)c(=O)[nH]1. The number of thioether (sulfide) groups is 1. The molecule has 1 saturated heterocycles. The van der Waals surface area contributed by atoms with Crippen LogP contribution in [-0.2, 0) is 0 Å². The van der Waals surface area contributed by atoms with Gasteiger partial charge in [-0.3, -0.25) is 4.79 Å². The third kappa shape index (κ3) is 2.88. The first-order valence-corrected chi connectivity index (χ1v) is 8.41. The Bertz CT molecular complexity index is 768. The van der Waals surface area contributed by atoms with E-state index in [9.17, 15) is 10.1 Å². The monoisotopic (exact) mass is 311 g/mol. The fraction of sp³-hybridized carbons (Fsp3) is 0.294. The Labute approximate surface area is 133 Å². The van der Waals surface area contributed by atoms with Gasteiger partial charge in [-0.25, -0.2) is 0 Å². The Morgan fingerprint density at radius 1 is 1.23 bits per heavy atom. The van der Waals surface area contributed by atoms with E-state index in [1.54, 1.807) is 0 Å². The number of anilines is 1. The first-order chi connectivity index (χ1) is 10.7. The quantitative estimate of drug-likeness (QED) is 0.926. The predicted octanol–water partition coefficient (Wildman–Crippen LogP) is 2.78. The molecule has 1 fully saturated rings. The van der Waals surface area contributed by atoms with Crippen molar-refractivity contribution < 1.29 is 0 Å². The minimum atomic E-state index is -0.324. The van der Waals surface area contributed by atoms with Gasteiger partial charge in [-0.05, 0) is 30.7 Å². The lowest BCUT2D eigenvalue weighted by Crippen LogP contribution is -2.32. The van der Waals surface area contributed by atoms with Crippen molar-refractivity contribution in [3.05, 3.63) is 51.9 Å². The summed E-state index contributed by atoms with van der Waals surface area (Å²) in [6.45, 7) is 3.96. The second kappa shape index (κ2) is 6.29. The molecule has 4 nitrogen and oxygen atoms in total. The maximum absolute atomic E-state index is 11.9. The van der Waals surface area contributed by atoms with Gasteiger partial charge < -0.3 is 9.88 Å². The molecule has 2 heterocycles. The molecule has 0 aliphatic carbocycles. The molecule has 0 saturated carbocycles. The second-order valence-corrected chi connectivity index (χ2v) is 6.55. The zero-order chi connectivity index (χ0) is 15.5. The average molecular weight is 311 g/mol. The van der Waals surface area contributed by atoms with E-state index >= 15 is 0 Å². The average Bonchev–Trinajstić information content (AvgIpc) is 2.55. The highest BCUT2D eigenvalue weighted by molar-refractivity contribution is 7.99. The van der Waals surface area contributed by atoms with Crippen LogP contribution in [0, 0.1) is 18.3 Å². The highest BCUT2D eigenvalue weighted by atomic mass is 32.2. The lowest BCUT2D eigenvalue weighted by atomic mass is 10.0. The first-order valence-electron chi connectivity index (χ1n) is 7.26. The van der Waals surface area contributed by atoms with Crippen LogP contribution in [0.4, 0.5) is 5.69 Å². The molecule has 2 aromatic rings. The zero-order valence-corrected chi connectivity index (χ0v) is 13.2. The molecular formula is C17H17N3OS. The van der Waals surface area contributed by atoms with Crippen LogP contribution in [0.15, 0.2) is 35.1 Å². The maximum atomic E-state index is 11.9. The van der Waals surface area contributed by atoms with Crippen molar-refractivity contribution in [2.75, 3.05) is 29.5 Å². The Kier molecular flexibility index (Phi) is 4.21. The highest BCUT2D eigenvalue weighted by Gasteiger charge is 2.13. The number of aromatic nitrogens is 1. The summed E-state index contributed by atoms with van der Waals surface area (Å²) in [5, 5.41) is 9.23. The predicted molar refractivity (Wildman–Crippen MR) is 91.5 cm³/mol. The van der Waals surface area contributed by atoms with Gasteiger partial charge in [0.2, 0.25) is 0 Å². The molecule has 5 heteroatoms. The van der Waals surface area contributed by atoms with E-state index in [-0.39, 0.29) is 11.1 Å². The van der Waals surface area contributed by atoms with Crippen molar-refractivity contribution in [3.8, 4) is 17.2 Å². The number of nitrogens with zero attached hydrogens (tertiary/aromatic N) is 2. The van der Waals surface area contributed by atoms with Crippen LogP contribution in [-0.4, -0.2) is 29.6 Å². The molecule has 3 rings (SSSR count). The number of nitriles is 1. The summed E-state index contributed by atoms with van der Waals surface area (Å²) >= 11 is 1.99. The van der Waals surface area contributed by atoms with Crippen molar-refractivity contribution in [2.24, 2.45) is 0 Å². The van der Waals surface area contributed by atoms with Gasteiger partial charge in [0.25, 0.3) is 5.56 Å². The highest BCUT2D eigenvalue weighted by Crippen LogP contribution is 2.26. The van der Waals surface area contributed by atoms with Gasteiger partial charge in [0.1, 0.15) is 11.6 Å². The Hall–Kier alpha value is -2.19. The molecule has 1 aromatic heterocycles. The number of pyridine rings is 1. The Morgan fingerprint density at radius 2 is 1.91 bits per heavy atom. The molecule has 1 N–H and O–H groups in total. The largest absolute Gasteiger partial charge is 0.370 e. The van der Waals surface area contributed by atoms with Crippen LogP contribution in [0.3, 0.4) is 0 Å². The smallest absolute Gasteiger partial charge is 0.266 e. The summed E-state index contributed by atoms with van der Waals surface area (Å²) in [5.74, 6) is 2.32. The number of hydrogen-bond donors (Lipinski definition) is 1. The lowest BCUT2D eigenvalue weighted by molar-refractivity contribution is 0.859. The van der Waals surface area contributed by atoms with Gasteiger partial charge in [-0.15, -0.1) is 0 Å². The van der Waals surface area contributed by atoms with Crippen molar-refractivity contribution in [1.82, 2.24) is 4.98 Å². The van der Waals surface area contributed by atoms with Crippen LogP contribution < -0.4 is 10.5 Å². The van der Waals surface area contributed by atoms with Crippen LogP contribution in [0.2, 0.25) is 0 Å². The van der Waals surface area contributed by atoms with Gasteiger partial charge in [0.05, 0.1) is 0 Å². The fourth-order valence-corrected chi connectivity index (χ4v) is 3.60. The summed E-state index contributed by atoms with van der Waals surface area (Å²) in [4.78, 5) is 16.9. The lowest BCUT2D eigenvalue weighted by Gasteiger charge is -2.28. The third-order valence-electron chi connectivity index (χ3n) is 3.83. The number of aryl methyl sites for hydroxylation is 1. The van der Waals surface area contributed by atoms with Crippen LogP contribution in [0.5, 0.6) is 0 Å². The molecule has 0 bridgehead atoms. The van der Waals surface area contributed by atoms with Crippen LogP contribution in [0.1, 0.15) is 11.3 Å². The molecule has 22 heavy (non-hydrogen) atoms. The van der Waals surface area contributed by atoms with E-state index in [1.807, 2.05) is 43.0 Å². The van der Waals surface area contributed by atoms with E-state index in [4.69, 9.17) is 0 Å². The molecule has 112 valence electrons. The van der Waals surface area contributed by atoms with E-state index in [0.29, 0.717) is 5.56 Å². The summed E-state index contributed by atoms with van der Waals surface area (Å²) < 4.78 is 0. The molecule has 1 aliphatic heterocycles. The standard InChI is InChI=1S/C17H17N3OS/c1-12-10-15(16(11-18)17(21)19-12)13-2-4-14(5-3-13)20-6-8-22-9-7-20/h2-5,10H,6-9H2,1H3,(H,19,21). The molecule has 0 radical (unpaired) electrons. The first kappa shape index (κ1) is 14.7. The number of nitrogens with one attached hydrogen (secondary N) is 1. The van der Waals surface area contributed by atoms with E-state index in [0.717, 1.165) is 35.9 Å².